The van der Waals surface area contributed by atoms with Crippen molar-refractivity contribution in [2.24, 2.45) is 11.8 Å². The number of halogens is 1. The van der Waals surface area contributed by atoms with Crippen LogP contribution in [-0.2, 0) is 28.7 Å². The lowest BCUT2D eigenvalue weighted by Gasteiger charge is -2.38. The van der Waals surface area contributed by atoms with Crippen molar-refractivity contribution < 1.29 is 33.8 Å². The van der Waals surface area contributed by atoms with E-state index in [1.54, 1.807) is 22.0 Å². The number of benzene rings is 1. The SMILES string of the molecule is C=CCCC(=O)OC[C@H](NC(=O)[C@H]1[C@@H]2O[C@@]3(CC2Br)[C@@H]1C(=O)N(CCCCCCO)[C@@H]3C(=O)N(CC=C)C(C)C)c1ccccc1. The number of carbonyl (C=O) groups excluding carboxylic acids is 4. The maximum Gasteiger partial charge on any atom is 0.306 e. The van der Waals surface area contributed by atoms with E-state index in [4.69, 9.17) is 9.47 Å². The van der Waals surface area contributed by atoms with Gasteiger partial charge in [0.15, 0.2) is 0 Å². The van der Waals surface area contributed by atoms with Crippen LogP contribution in [0.4, 0.5) is 0 Å². The summed E-state index contributed by atoms with van der Waals surface area (Å²) in [6.07, 6.45) is 6.73. The van der Waals surface area contributed by atoms with Gasteiger partial charge in [-0.25, -0.2) is 0 Å². The van der Waals surface area contributed by atoms with Crippen molar-refractivity contribution in [2.75, 3.05) is 26.3 Å². The number of unbranched alkanes of at least 4 members (excludes halogenated alkanes) is 3. The van der Waals surface area contributed by atoms with Gasteiger partial charge in [0.1, 0.15) is 18.2 Å². The second-order valence-corrected chi connectivity index (χ2v) is 13.9. The summed E-state index contributed by atoms with van der Waals surface area (Å²) >= 11 is 3.74. The summed E-state index contributed by atoms with van der Waals surface area (Å²) in [6.45, 7) is 12.0. The maximum atomic E-state index is 14.4. The van der Waals surface area contributed by atoms with Gasteiger partial charge in [0.05, 0.1) is 24.0 Å². The molecule has 7 atom stereocenters. The second-order valence-electron chi connectivity index (χ2n) is 12.7. The minimum atomic E-state index is -1.17. The Hall–Kier alpha value is -3.02. The van der Waals surface area contributed by atoms with Gasteiger partial charge in [-0.05, 0) is 45.1 Å². The standard InChI is InChI=1S/C35H48BrN3O7/c1-5-7-17-27(41)45-22-26(24-15-11-10-12-16-24)37-32(42)28-29-33(43)39(19-13-8-9-14-20-40)31(34(44)38(18-6-2)23(3)4)35(29)21-25(36)30(28)46-35/h5-6,10-12,15-16,23,25-26,28-31,40H,1-2,7-9,13-14,17-22H2,3-4H3,(H,37,42)/t25?,26-,28+,29-,30+,31+,35-/m0/s1. The number of rotatable bonds is 18. The van der Waals surface area contributed by atoms with Gasteiger partial charge in [-0.3, -0.25) is 19.2 Å². The molecule has 0 aromatic heterocycles. The third-order valence-electron chi connectivity index (χ3n) is 9.35. The normalized spacial score (nSPS) is 26.9. The van der Waals surface area contributed by atoms with Gasteiger partial charge in [0.2, 0.25) is 17.7 Å². The van der Waals surface area contributed by atoms with Crippen LogP contribution in [0.3, 0.4) is 0 Å². The molecule has 3 aliphatic heterocycles. The van der Waals surface area contributed by atoms with E-state index in [-0.39, 0.29) is 48.2 Å². The summed E-state index contributed by atoms with van der Waals surface area (Å²) in [7, 11) is 0. The zero-order chi connectivity index (χ0) is 33.4. The molecule has 2 N–H and O–H groups in total. The van der Waals surface area contributed by atoms with Crippen LogP contribution in [-0.4, -0.2) is 93.5 Å². The summed E-state index contributed by atoms with van der Waals surface area (Å²) < 4.78 is 12.2. The molecule has 3 aliphatic rings. The molecule has 3 saturated heterocycles. The van der Waals surface area contributed by atoms with Crippen LogP contribution < -0.4 is 5.32 Å². The van der Waals surface area contributed by atoms with Gasteiger partial charge in [0.25, 0.3) is 0 Å². The van der Waals surface area contributed by atoms with Crippen LogP contribution in [0.5, 0.6) is 0 Å². The Balaban J connectivity index is 1.64. The molecule has 0 saturated carbocycles. The number of esters is 1. The van der Waals surface area contributed by atoms with E-state index in [2.05, 4.69) is 34.4 Å². The van der Waals surface area contributed by atoms with Gasteiger partial charge in [-0.2, -0.15) is 0 Å². The van der Waals surface area contributed by atoms with Crippen molar-refractivity contribution in [3.63, 3.8) is 0 Å². The van der Waals surface area contributed by atoms with E-state index in [1.807, 2.05) is 44.2 Å². The fourth-order valence-corrected chi connectivity index (χ4v) is 8.13. The fraction of sp³-hybridized carbons (Fsp3) is 0.600. The second kappa shape index (κ2) is 16.2. The molecule has 4 rings (SSSR count). The molecular weight excluding hydrogens is 654 g/mol. The Morgan fingerprint density at radius 1 is 1.17 bits per heavy atom. The van der Waals surface area contributed by atoms with Crippen LogP contribution in [0.1, 0.15) is 70.4 Å². The lowest BCUT2D eigenvalue weighted by molar-refractivity contribution is -0.149. The number of alkyl halides is 1. The quantitative estimate of drug-likeness (QED) is 0.102. The number of hydrogen-bond acceptors (Lipinski definition) is 7. The van der Waals surface area contributed by atoms with Crippen LogP contribution in [0.25, 0.3) is 0 Å². The molecule has 252 valence electrons. The van der Waals surface area contributed by atoms with Gasteiger partial charge < -0.3 is 29.7 Å². The third kappa shape index (κ3) is 7.42. The predicted molar refractivity (Wildman–Crippen MR) is 178 cm³/mol. The highest BCUT2D eigenvalue weighted by molar-refractivity contribution is 9.09. The van der Waals surface area contributed by atoms with Gasteiger partial charge in [-0.1, -0.05) is 71.3 Å². The van der Waals surface area contributed by atoms with Crippen molar-refractivity contribution >= 4 is 39.6 Å². The van der Waals surface area contributed by atoms with Crippen molar-refractivity contribution in [1.82, 2.24) is 15.1 Å². The molecular formula is C35H48BrN3O7. The molecule has 0 radical (unpaired) electrons. The first kappa shape index (κ1) is 35.8. The number of allylic oxidation sites excluding steroid dienone is 1. The number of amides is 3. The lowest BCUT2D eigenvalue weighted by atomic mass is 9.70. The average molecular weight is 703 g/mol. The molecule has 3 heterocycles. The topological polar surface area (TPSA) is 125 Å². The van der Waals surface area contributed by atoms with Crippen LogP contribution in [0.2, 0.25) is 0 Å². The Kier molecular flexibility index (Phi) is 12.6. The predicted octanol–water partition coefficient (Wildman–Crippen LogP) is 4.08. The zero-order valence-electron chi connectivity index (χ0n) is 26.9. The molecule has 10 nitrogen and oxygen atoms in total. The summed E-state index contributed by atoms with van der Waals surface area (Å²) in [6, 6.07) is 7.58. The van der Waals surface area contributed by atoms with E-state index in [0.29, 0.717) is 38.8 Å². The Morgan fingerprint density at radius 3 is 2.54 bits per heavy atom. The molecule has 3 amide bonds. The van der Waals surface area contributed by atoms with Crippen LogP contribution in [0.15, 0.2) is 55.6 Å². The van der Waals surface area contributed by atoms with E-state index in [9.17, 15) is 24.3 Å². The fourth-order valence-electron chi connectivity index (χ4n) is 7.19. The van der Waals surface area contributed by atoms with E-state index in [0.717, 1.165) is 18.4 Å². The number of nitrogens with one attached hydrogen (secondary N) is 1. The van der Waals surface area contributed by atoms with E-state index < -0.39 is 41.6 Å². The largest absolute Gasteiger partial charge is 0.463 e. The Morgan fingerprint density at radius 2 is 1.89 bits per heavy atom. The maximum absolute atomic E-state index is 14.4. The highest BCUT2D eigenvalue weighted by Gasteiger charge is 2.76. The van der Waals surface area contributed by atoms with Crippen LogP contribution >= 0.6 is 15.9 Å². The zero-order valence-corrected chi connectivity index (χ0v) is 28.5. The number of aliphatic hydroxyl groups is 1. The number of fused-ring (bicyclic) bond motifs is 1. The first-order valence-corrected chi connectivity index (χ1v) is 17.3. The monoisotopic (exact) mass is 701 g/mol. The van der Waals surface area contributed by atoms with Gasteiger partial charge in [0, 0.05) is 37.0 Å². The third-order valence-corrected chi connectivity index (χ3v) is 10.2. The van der Waals surface area contributed by atoms with Crippen molar-refractivity contribution in [3.05, 3.63) is 61.2 Å². The number of likely N-dealkylation sites (tertiary alicyclic amines) is 1. The highest BCUT2D eigenvalue weighted by Crippen LogP contribution is 2.60. The number of carbonyl (C=O) groups is 4. The molecule has 0 aliphatic carbocycles. The molecule has 1 spiro atoms. The summed E-state index contributed by atoms with van der Waals surface area (Å²) in [4.78, 5) is 58.5. The lowest BCUT2D eigenvalue weighted by Crippen LogP contribution is -2.58. The molecule has 1 aromatic carbocycles. The van der Waals surface area contributed by atoms with Crippen molar-refractivity contribution in [1.29, 1.82) is 0 Å². The van der Waals surface area contributed by atoms with Gasteiger partial charge >= 0.3 is 5.97 Å². The number of nitrogens with zero attached hydrogens (tertiary/aromatic N) is 2. The molecule has 11 heteroatoms. The number of ether oxygens (including phenoxy) is 2. The van der Waals surface area contributed by atoms with Crippen molar-refractivity contribution in [3.8, 4) is 0 Å². The van der Waals surface area contributed by atoms with E-state index in [1.165, 1.54) is 0 Å². The minimum Gasteiger partial charge on any atom is -0.463 e. The number of aliphatic hydroxyl groups excluding tert-OH is 1. The highest BCUT2D eigenvalue weighted by atomic mass is 79.9. The summed E-state index contributed by atoms with van der Waals surface area (Å²) in [5.41, 5.74) is -0.415. The molecule has 2 bridgehead atoms. The summed E-state index contributed by atoms with van der Waals surface area (Å²) in [5.74, 6) is -2.94. The number of hydrogen-bond donors (Lipinski definition) is 2. The van der Waals surface area contributed by atoms with Crippen molar-refractivity contribution in [2.45, 2.75) is 93.5 Å². The first-order valence-electron chi connectivity index (χ1n) is 16.4. The first-order chi connectivity index (χ1) is 22.1. The smallest absolute Gasteiger partial charge is 0.306 e. The minimum absolute atomic E-state index is 0.0720. The molecule has 1 aromatic rings. The summed E-state index contributed by atoms with van der Waals surface area (Å²) in [5, 5.41) is 12.3. The Labute approximate surface area is 280 Å². The molecule has 1 unspecified atom stereocenters. The van der Waals surface area contributed by atoms with Gasteiger partial charge in [-0.15, -0.1) is 13.2 Å². The van der Waals surface area contributed by atoms with Crippen LogP contribution in [0, 0.1) is 11.8 Å². The average Bonchev–Trinajstić information content (AvgIpc) is 3.63. The molecule has 3 fully saturated rings. The van der Waals surface area contributed by atoms with E-state index >= 15 is 0 Å². The molecule has 46 heavy (non-hydrogen) atoms. The Bertz CT molecular complexity index is 1260.